The molecule has 2 heterocycles. The highest BCUT2D eigenvalue weighted by atomic mass is 15.1. The molecule has 0 aromatic carbocycles. The van der Waals surface area contributed by atoms with Crippen molar-refractivity contribution in [2.45, 2.75) is 19.8 Å². The van der Waals surface area contributed by atoms with Crippen LogP contribution in [-0.4, -0.2) is 28.0 Å². The average Bonchev–Trinajstić information content (AvgIpc) is 2.47. The van der Waals surface area contributed by atoms with Crippen molar-refractivity contribution in [1.82, 2.24) is 15.0 Å². The first-order valence-electron chi connectivity index (χ1n) is 6.58. The summed E-state index contributed by atoms with van der Waals surface area (Å²) in [6.45, 7) is 3.83. The number of rotatable bonds is 7. The maximum Gasteiger partial charge on any atom is 0.224 e. The van der Waals surface area contributed by atoms with Crippen molar-refractivity contribution in [3.8, 4) is 0 Å². The molecule has 0 atom stereocenters. The van der Waals surface area contributed by atoms with Crippen LogP contribution in [0.3, 0.4) is 0 Å². The van der Waals surface area contributed by atoms with Gasteiger partial charge in [0.1, 0.15) is 5.82 Å². The van der Waals surface area contributed by atoms with Crippen molar-refractivity contribution in [3.63, 3.8) is 0 Å². The van der Waals surface area contributed by atoms with Gasteiger partial charge in [-0.2, -0.15) is 4.98 Å². The van der Waals surface area contributed by atoms with E-state index in [4.69, 9.17) is 0 Å². The van der Waals surface area contributed by atoms with E-state index in [-0.39, 0.29) is 0 Å². The van der Waals surface area contributed by atoms with Crippen LogP contribution in [0.2, 0.25) is 0 Å². The lowest BCUT2D eigenvalue weighted by atomic mass is 10.2. The molecular weight excluding hydrogens is 238 g/mol. The Morgan fingerprint density at radius 1 is 1.11 bits per heavy atom. The second-order valence-corrected chi connectivity index (χ2v) is 4.23. The molecule has 5 heteroatoms. The second kappa shape index (κ2) is 7.31. The van der Waals surface area contributed by atoms with Gasteiger partial charge in [0.25, 0.3) is 0 Å². The summed E-state index contributed by atoms with van der Waals surface area (Å²) in [4.78, 5) is 12.7. The van der Waals surface area contributed by atoms with Gasteiger partial charge in [0.2, 0.25) is 5.95 Å². The normalized spacial score (nSPS) is 10.2. The zero-order valence-electron chi connectivity index (χ0n) is 11.1. The van der Waals surface area contributed by atoms with Crippen LogP contribution in [0.25, 0.3) is 0 Å². The Bertz CT molecular complexity index is 486. The van der Waals surface area contributed by atoms with E-state index in [2.05, 4.69) is 38.6 Å². The molecule has 0 aliphatic heterocycles. The highest BCUT2D eigenvalue weighted by Gasteiger charge is 1.98. The highest BCUT2D eigenvalue weighted by Crippen LogP contribution is 2.06. The Balaban J connectivity index is 1.82. The summed E-state index contributed by atoms with van der Waals surface area (Å²) in [7, 11) is 0. The first kappa shape index (κ1) is 13.3. The van der Waals surface area contributed by atoms with Crippen LogP contribution in [0.1, 0.15) is 18.9 Å². The minimum atomic E-state index is 0.674. The predicted octanol–water partition coefficient (Wildman–Crippen LogP) is 2.35. The topological polar surface area (TPSA) is 62.7 Å². The third kappa shape index (κ3) is 4.54. The lowest BCUT2D eigenvalue weighted by Gasteiger charge is -2.07. The molecule has 19 heavy (non-hydrogen) atoms. The molecule has 0 spiro atoms. The van der Waals surface area contributed by atoms with Crippen molar-refractivity contribution < 1.29 is 0 Å². The van der Waals surface area contributed by atoms with Gasteiger partial charge in [0, 0.05) is 31.7 Å². The lowest BCUT2D eigenvalue weighted by molar-refractivity contribution is 0.945. The average molecular weight is 257 g/mol. The summed E-state index contributed by atoms with van der Waals surface area (Å²) < 4.78 is 0. The van der Waals surface area contributed by atoms with E-state index in [1.165, 1.54) is 5.56 Å². The van der Waals surface area contributed by atoms with Gasteiger partial charge in [-0.15, -0.1) is 0 Å². The van der Waals surface area contributed by atoms with E-state index < -0.39 is 0 Å². The standard InChI is InChI=1S/C14H19N5/c1-2-7-17-14-18-10-6-13(19-14)16-9-5-12-4-3-8-15-11-12/h3-4,6,8,10-11H,2,5,7,9H2,1H3,(H2,16,17,18,19). The van der Waals surface area contributed by atoms with E-state index in [0.717, 1.165) is 31.7 Å². The zero-order valence-corrected chi connectivity index (χ0v) is 11.1. The Hall–Kier alpha value is -2.17. The zero-order chi connectivity index (χ0) is 13.3. The quantitative estimate of drug-likeness (QED) is 0.797. The van der Waals surface area contributed by atoms with Gasteiger partial charge in [-0.1, -0.05) is 13.0 Å². The van der Waals surface area contributed by atoms with Gasteiger partial charge in [-0.05, 0) is 30.5 Å². The summed E-state index contributed by atoms with van der Waals surface area (Å²) >= 11 is 0. The first-order valence-corrected chi connectivity index (χ1v) is 6.58. The van der Waals surface area contributed by atoms with E-state index in [1.807, 2.05) is 18.3 Å². The van der Waals surface area contributed by atoms with Crippen molar-refractivity contribution in [3.05, 3.63) is 42.4 Å². The van der Waals surface area contributed by atoms with E-state index >= 15 is 0 Å². The Morgan fingerprint density at radius 2 is 2.05 bits per heavy atom. The molecule has 0 fully saturated rings. The smallest absolute Gasteiger partial charge is 0.224 e. The van der Waals surface area contributed by atoms with Crippen LogP contribution >= 0.6 is 0 Å². The number of nitrogens with one attached hydrogen (secondary N) is 2. The molecule has 0 aliphatic carbocycles. The van der Waals surface area contributed by atoms with Gasteiger partial charge in [0.05, 0.1) is 0 Å². The van der Waals surface area contributed by atoms with Gasteiger partial charge >= 0.3 is 0 Å². The molecule has 2 rings (SSSR count). The second-order valence-electron chi connectivity index (χ2n) is 4.23. The van der Waals surface area contributed by atoms with Crippen molar-refractivity contribution in [2.24, 2.45) is 0 Å². The fraction of sp³-hybridized carbons (Fsp3) is 0.357. The monoisotopic (exact) mass is 257 g/mol. The summed E-state index contributed by atoms with van der Waals surface area (Å²) in [6.07, 6.45) is 7.41. The lowest BCUT2D eigenvalue weighted by Crippen LogP contribution is -2.09. The minimum Gasteiger partial charge on any atom is -0.370 e. The van der Waals surface area contributed by atoms with Crippen LogP contribution < -0.4 is 10.6 Å². The third-order valence-electron chi connectivity index (χ3n) is 2.63. The van der Waals surface area contributed by atoms with E-state index in [9.17, 15) is 0 Å². The molecule has 5 nitrogen and oxygen atoms in total. The largest absolute Gasteiger partial charge is 0.370 e. The fourth-order valence-electron chi connectivity index (χ4n) is 1.66. The highest BCUT2D eigenvalue weighted by molar-refractivity contribution is 5.39. The molecule has 0 saturated carbocycles. The first-order chi connectivity index (χ1) is 9.38. The Morgan fingerprint density at radius 3 is 2.84 bits per heavy atom. The van der Waals surface area contributed by atoms with Gasteiger partial charge in [-0.3, -0.25) is 4.98 Å². The van der Waals surface area contributed by atoms with E-state index in [0.29, 0.717) is 5.95 Å². The molecule has 0 saturated heterocycles. The number of nitrogens with zero attached hydrogens (tertiary/aromatic N) is 3. The third-order valence-corrected chi connectivity index (χ3v) is 2.63. The SMILES string of the molecule is CCCNc1nccc(NCCc2cccnc2)n1. The molecule has 2 N–H and O–H groups in total. The molecular formula is C14H19N5. The van der Waals surface area contributed by atoms with Gasteiger partial charge in [0.15, 0.2) is 0 Å². The van der Waals surface area contributed by atoms with Crippen molar-refractivity contribution >= 4 is 11.8 Å². The number of anilines is 2. The number of hydrogen-bond acceptors (Lipinski definition) is 5. The van der Waals surface area contributed by atoms with Crippen LogP contribution in [0.4, 0.5) is 11.8 Å². The molecule has 2 aromatic rings. The fourth-order valence-corrected chi connectivity index (χ4v) is 1.66. The van der Waals surface area contributed by atoms with Gasteiger partial charge in [-0.25, -0.2) is 4.98 Å². The molecule has 100 valence electrons. The minimum absolute atomic E-state index is 0.674. The molecule has 0 amide bonds. The number of pyridine rings is 1. The summed E-state index contributed by atoms with van der Waals surface area (Å²) in [5.74, 6) is 1.52. The van der Waals surface area contributed by atoms with Crippen molar-refractivity contribution in [1.29, 1.82) is 0 Å². The van der Waals surface area contributed by atoms with Crippen LogP contribution in [0.15, 0.2) is 36.8 Å². The molecule has 0 radical (unpaired) electrons. The molecule has 2 aromatic heterocycles. The number of aromatic nitrogens is 3. The summed E-state index contributed by atoms with van der Waals surface area (Å²) in [5, 5.41) is 6.46. The molecule has 0 bridgehead atoms. The summed E-state index contributed by atoms with van der Waals surface area (Å²) in [6, 6.07) is 5.90. The predicted molar refractivity (Wildman–Crippen MR) is 77.2 cm³/mol. The Kier molecular flexibility index (Phi) is 5.10. The van der Waals surface area contributed by atoms with Crippen LogP contribution in [-0.2, 0) is 6.42 Å². The van der Waals surface area contributed by atoms with E-state index in [1.54, 1.807) is 12.4 Å². The summed E-state index contributed by atoms with van der Waals surface area (Å²) in [5.41, 5.74) is 1.22. The number of hydrogen-bond donors (Lipinski definition) is 2. The molecule has 0 unspecified atom stereocenters. The van der Waals surface area contributed by atoms with Crippen molar-refractivity contribution in [2.75, 3.05) is 23.7 Å². The maximum absolute atomic E-state index is 4.39. The molecule has 0 aliphatic rings. The van der Waals surface area contributed by atoms with Gasteiger partial charge < -0.3 is 10.6 Å². The maximum atomic E-state index is 4.39. The van der Waals surface area contributed by atoms with Crippen LogP contribution in [0.5, 0.6) is 0 Å². The van der Waals surface area contributed by atoms with Crippen LogP contribution in [0, 0.1) is 0 Å². The Labute approximate surface area is 113 Å².